The van der Waals surface area contributed by atoms with E-state index in [9.17, 15) is 13.2 Å². The highest BCUT2D eigenvalue weighted by atomic mass is 79.9. The van der Waals surface area contributed by atoms with E-state index in [1.807, 2.05) is 0 Å². The summed E-state index contributed by atoms with van der Waals surface area (Å²) in [4.78, 5) is 12.4. The maximum atomic E-state index is 12.6. The van der Waals surface area contributed by atoms with Crippen molar-refractivity contribution in [3.05, 3.63) is 58.3 Å². The molecule has 3 rings (SSSR count). The van der Waals surface area contributed by atoms with Crippen LogP contribution in [0.2, 0.25) is 0 Å². The summed E-state index contributed by atoms with van der Waals surface area (Å²) >= 11 is 3.34. The molecule has 0 saturated heterocycles. The summed E-state index contributed by atoms with van der Waals surface area (Å²) in [5.74, 6) is -0.101. The van der Waals surface area contributed by atoms with E-state index in [1.165, 1.54) is 12.1 Å². The fourth-order valence-electron chi connectivity index (χ4n) is 2.58. The number of anilines is 1. The van der Waals surface area contributed by atoms with E-state index in [-0.39, 0.29) is 17.1 Å². The van der Waals surface area contributed by atoms with Gasteiger partial charge in [0.15, 0.2) is 0 Å². The number of ether oxygens (including phenoxy) is 1. The van der Waals surface area contributed by atoms with Crippen LogP contribution in [-0.4, -0.2) is 21.0 Å². The van der Waals surface area contributed by atoms with Crippen LogP contribution in [0.15, 0.2) is 56.2 Å². The molecule has 1 heterocycles. The first-order valence-corrected chi connectivity index (χ1v) is 10.1. The van der Waals surface area contributed by atoms with Crippen molar-refractivity contribution in [2.75, 3.05) is 11.3 Å². The number of rotatable bonds is 5. The molecule has 1 N–H and O–H groups in total. The van der Waals surface area contributed by atoms with E-state index in [0.29, 0.717) is 26.9 Å². The number of furan rings is 1. The van der Waals surface area contributed by atoms with Crippen LogP contribution >= 0.6 is 15.9 Å². The van der Waals surface area contributed by atoms with Gasteiger partial charge in [0, 0.05) is 9.86 Å². The number of nitrogens with one attached hydrogen (secondary N) is 1. The van der Waals surface area contributed by atoms with E-state index in [4.69, 9.17) is 9.15 Å². The molecule has 1 aromatic heterocycles. The minimum Gasteiger partial charge on any atom is -0.462 e. The van der Waals surface area contributed by atoms with E-state index in [0.717, 1.165) is 0 Å². The first-order chi connectivity index (χ1) is 12.3. The van der Waals surface area contributed by atoms with Gasteiger partial charge in [0.1, 0.15) is 16.9 Å². The lowest BCUT2D eigenvalue weighted by Gasteiger charge is -2.10. The number of sulfonamides is 1. The lowest BCUT2D eigenvalue weighted by molar-refractivity contribution is 0.0526. The number of esters is 1. The van der Waals surface area contributed by atoms with Crippen molar-refractivity contribution in [2.24, 2.45) is 0 Å². The molecule has 0 radical (unpaired) electrons. The molecular weight excluding hydrogens is 422 g/mol. The summed E-state index contributed by atoms with van der Waals surface area (Å²) in [7, 11) is -3.77. The Morgan fingerprint density at radius 3 is 2.58 bits per heavy atom. The summed E-state index contributed by atoms with van der Waals surface area (Å²) in [6.07, 6.45) is 0. The molecule has 3 aromatic rings. The third-order valence-electron chi connectivity index (χ3n) is 3.73. The second kappa shape index (κ2) is 7.13. The van der Waals surface area contributed by atoms with Crippen molar-refractivity contribution in [1.82, 2.24) is 0 Å². The quantitative estimate of drug-likeness (QED) is 0.594. The standard InChI is InChI=1S/C18H16BrNO5S/c1-3-24-18(21)17-11(2)25-16-10-14(19)15(9-13(16)17)20-26(22,23)12-7-5-4-6-8-12/h4-10,20H,3H2,1-2H3. The predicted molar refractivity (Wildman–Crippen MR) is 102 cm³/mol. The van der Waals surface area contributed by atoms with Crippen LogP contribution in [0.5, 0.6) is 0 Å². The van der Waals surface area contributed by atoms with Crippen LogP contribution in [0.1, 0.15) is 23.0 Å². The number of carbonyl (C=O) groups is 1. The van der Waals surface area contributed by atoms with Gasteiger partial charge >= 0.3 is 5.97 Å². The van der Waals surface area contributed by atoms with E-state index in [2.05, 4.69) is 20.7 Å². The number of hydrogen-bond acceptors (Lipinski definition) is 5. The third kappa shape index (κ3) is 3.47. The molecule has 6 nitrogen and oxygen atoms in total. The fraction of sp³-hybridized carbons (Fsp3) is 0.167. The minimum absolute atomic E-state index is 0.140. The topological polar surface area (TPSA) is 85.6 Å². The molecule has 0 aliphatic rings. The molecule has 8 heteroatoms. The van der Waals surface area contributed by atoms with Crippen molar-refractivity contribution in [3.63, 3.8) is 0 Å². The highest BCUT2D eigenvalue weighted by Gasteiger charge is 2.22. The van der Waals surface area contributed by atoms with Crippen LogP contribution in [0, 0.1) is 6.92 Å². The zero-order valence-electron chi connectivity index (χ0n) is 14.1. The maximum Gasteiger partial charge on any atom is 0.342 e. The van der Waals surface area contributed by atoms with Crippen LogP contribution in [-0.2, 0) is 14.8 Å². The SMILES string of the molecule is CCOC(=O)c1c(C)oc2cc(Br)c(NS(=O)(=O)c3ccccc3)cc12. The van der Waals surface area contributed by atoms with Crippen molar-refractivity contribution < 1.29 is 22.4 Å². The number of hydrogen-bond donors (Lipinski definition) is 1. The van der Waals surface area contributed by atoms with Gasteiger partial charge in [-0.15, -0.1) is 0 Å². The number of aryl methyl sites for hydroxylation is 1. The van der Waals surface area contributed by atoms with Gasteiger partial charge in [0.05, 0.1) is 17.2 Å². The third-order valence-corrected chi connectivity index (χ3v) is 5.77. The summed E-state index contributed by atoms with van der Waals surface area (Å²) in [6.45, 7) is 3.61. The number of carbonyl (C=O) groups excluding carboxylic acids is 1. The van der Waals surface area contributed by atoms with Gasteiger partial charge in [-0.3, -0.25) is 4.72 Å². The Morgan fingerprint density at radius 2 is 1.92 bits per heavy atom. The zero-order chi connectivity index (χ0) is 18.9. The number of benzene rings is 2. The van der Waals surface area contributed by atoms with Gasteiger partial charge in [0.2, 0.25) is 0 Å². The Labute approximate surface area is 159 Å². The molecule has 0 fully saturated rings. The second-order valence-corrected chi connectivity index (χ2v) is 8.04. The van der Waals surface area contributed by atoms with Crippen LogP contribution in [0.3, 0.4) is 0 Å². The Balaban J connectivity index is 2.08. The maximum absolute atomic E-state index is 12.6. The fourth-order valence-corrected chi connectivity index (χ4v) is 4.22. The zero-order valence-corrected chi connectivity index (χ0v) is 16.5. The summed E-state index contributed by atoms with van der Waals surface area (Å²) in [6, 6.07) is 11.2. The molecule has 0 amide bonds. The molecule has 0 aliphatic heterocycles. The molecule has 0 aliphatic carbocycles. The lowest BCUT2D eigenvalue weighted by atomic mass is 10.1. The molecule has 26 heavy (non-hydrogen) atoms. The van der Waals surface area contributed by atoms with Gasteiger partial charge in [-0.05, 0) is 54.0 Å². The number of fused-ring (bicyclic) bond motifs is 1. The first-order valence-electron chi connectivity index (χ1n) is 7.81. The monoisotopic (exact) mass is 437 g/mol. The van der Waals surface area contributed by atoms with Gasteiger partial charge < -0.3 is 9.15 Å². The molecular formula is C18H16BrNO5S. The Morgan fingerprint density at radius 1 is 1.23 bits per heavy atom. The molecule has 0 saturated carbocycles. The van der Waals surface area contributed by atoms with Crippen molar-refractivity contribution in [1.29, 1.82) is 0 Å². The predicted octanol–water partition coefficient (Wildman–Crippen LogP) is 4.48. The Kier molecular flexibility index (Phi) is 5.06. The lowest BCUT2D eigenvalue weighted by Crippen LogP contribution is -2.13. The average molecular weight is 438 g/mol. The summed E-state index contributed by atoms with van der Waals surface area (Å²) < 4.78 is 38.8. The van der Waals surface area contributed by atoms with Crippen LogP contribution < -0.4 is 4.72 Å². The highest BCUT2D eigenvalue weighted by molar-refractivity contribution is 9.10. The Bertz CT molecular complexity index is 1070. The van der Waals surface area contributed by atoms with E-state index >= 15 is 0 Å². The smallest absolute Gasteiger partial charge is 0.342 e. The summed E-state index contributed by atoms with van der Waals surface area (Å²) in [5.41, 5.74) is 1.04. The van der Waals surface area contributed by atoms with Gasteiger partial charge in [-0.25, -0.2) is 13.2 Å². The summed E-state index contributed by atoms with van der Waals surface area (Å²) in [5, 5.41) is 0.481. The molecule has 2 aromatic carbocycles. The highest BCUT2D eigenvalue weighted by Crippen LogP contribution is 2.35. The Hall–Kier alpha value is -2.32. The van der Waals surface area contributed by atoms with Crippen molar-refractivity contribution >= 4 is 48.6 Å². The molecule has 0 bridgehead atoms. The van der Waals surface area contributed by atoms with Gasteiger partial charge in [-0.2, -0.15) is 0 Å². The normalized spacial score (nSPS) is 11.5. The number of halogens is 1. The molecule has 0 spiro atoms. The van der Waals surface area contributed by atoms with Crippen molar-refractivity contribution in [2.45, 2.75) is 18.7 Å². The van der Waals surface area contributed by atoms with Crippen LogP contribution in [0.25, 0.3) is 11.0 Å². The minimum atomic E-state index is -3.77. The second-order valence-electron chi connectivity index (χ2n) is 5.50. The largest absolute Gasteiger partial charge is 0.462 e. The molecule has 0 unspecified atom stereocenters. The van der Waals surface area contributed by atoms with Crippen LogP contribution in [0.4, 0.5) is 5.69 Å². The average Bonchev–Trinajstić information content (AvgIpc) is 2.91. The van der Waals surface area contributed by atoms with E-state index < -0.39 is 16.0 Å². The molecule has 0 atom stereocenters. The van der Waals surface area contributed by atoms with E-state index in [1.54, 1.807) is 44.2 Å². The first kappa shape index (κ1) is 18.5. The van der Waals surface area contributed by atoms with Gasteiger partial charge in [0.25, 0.3) is 10.0 Å². The van der Waals surface area contributed by atoms with Crippen molar-refractivity contribution in [3.8, 4) is 0 Å². The molecule has 136 valence electrons. The van der Waals surface area contributed by atoms with Gasteiger partial charge in [-0.1, -0.05) is 18.2 Å².